The molecule has 2 heterocycles. The van der Waals surface area contributed by atoms with E-state index in [9.17, 15) is 4.79 Å². The van der Waals surface area contributed by atoms with Gasteiger partial charge >= 0.3 is 0 Å². The van der Waals surface area contributed by atoms with Gasteiger partial charge in [0.25, 0.3) is 5.91 Å². The average Bonchev–Trinajstić information content (AvgIpc) is 3.29. The van der Waals surface area contributed by atoms with Crippen LogP contribution in [0.1, 0.15) is 32.1 Å². The number of halogens is 1. The minimum absolute atomic E-state index is 0.0353. The maximum atomic E-state index is 12.0. The Bertz CT molecular complexity index is 741. The summed E-state index contributed by atoms with van der Waals surface area (Å²) in [5.41, 5.74) is 1.79. The number of rotatable bonds is 4. The van der Waals surface area contributed by atoms with Crippen molar-refractivity contribution in [2.75, 3.05) is 6.54 Å². The summed E-state index contributed by atoms with van der Waals surface area (Å²) in [4.78, 5) is 12.0. The zero-order valence-corrected chi connectivity index (χ0v) is 14.4. The molecule has 122 valence electrons. The van der Waals surface area contributed by atoms with Crippen molar-refractivity contribution in [3.05, 3.63) is 16.6 Å². The van der Waals surface area contributed by atoms with Gasteiger partial charge in [-0.05, 0) is 66.1 Å². The van der Waals surface area contributed by atoms with E-state index in [0.717, 1.165) is 53.8 Å². The van der Waals surface area contributed by atoms with Gasteiger partial charge in [-0.25, -0.2) is 4.68 Å². The first-order valence-corrected chi connectivity index (χ1v) is 8.98. The molecule has 1 atom stereocenters. The first-order chi connectivity index (χ1) is 11.2. The van der Waals surface area contributed by atoms with Crippen molar-refractivity contribution < 1.29 is 9.53 Å². The van der Waals surface area contributed by atoms with Crippen LogP contribution < -0.4 is 10.1 Å². The summed E-state index contributed by atoms with van der Waals surface area (Å²) in [5, 5.41) is 11.4. The number of fused-ring (bicyclic) bond motifs is 1. The number of benzene rings is 1. The molecule has 1 saturated carbocycles. The number of carbonyl (C=O) groups excluding carboxylic acids is 1. The average molecular weight is 379 g/mol. The minimum Gasteiger partial charge on any atom is -0.479 e. The molecule has 2 aromatic rings. The predicted molar refractivity (Wildman–Crippen MR) is 89.2 cm³/mol. The number of hydrogen-bond acceptors (Lipinski definition) is 4. The number of amides is 1. The normalized spacial score (nSPS) is 22.0. The number of ether oxygens (including phenoxy) is 1. The van der Waals surface area contributed by atoms with E-state index in [0.29, 0.717) is 5.75 Å². The van der Waals surface area contributed by atoms with Gasteiger partial charge in [0.1, 0.15) is 11.3 Å². The second-order valence-electron chi connectivity index (χ2n) is 6.35. The molecule has 4 rings (SSSR count). The maximum Gasteiger partial charge on any atom is 0.261 e. The van der Waals surface area contributed by atoms with Crippen LogP contribution in [0.3, 0.4) is 0 Å². The largest absolute Gasteiger partial charge is 0.479 e. The molecule has 2 fully saturated rings. The Morgan fingerprint density at radius 3 is 3.00 bits per heavy atom. The number of hydrogen-bond donors (Lipinski definition) is 1. The summed E-state index contributed by atoms with van der Waals surface area (Å²) in [6.07, 6.45) is 4.85. The molecule has 1 aliphatic heterocycles. The Balaban J connectivity index is 1.60. The quantitative estimate of drug-likeness (QED) is 0.887. The van der Waals surface area contributed by atoms with Gasteiger partial charge in [-0.1, -0.05) is 5.21 Å². The van der Waals surface area contributed by atoms with E-state index >= 15 is 0 Å². The van der Waals surface area contributed by atoms with Crippen molar-refractivity contribution in [1.29, 1.82) is 0 Å². The minimum atomic E-state index is -0.437. The van der Waals surface area contributed by atoms with Gasteiger partial charge in [0.05, 0.1) is 9.99 Å². The Kier molecular flexibility index (Phi) is 3.97. The van der Waals surface area contributed by atoms with Crippen molar-refractivity contribution >= 4 is 32.9 Å². The molecular weight excluding hydrogens is 360 g/mol. The lowest BCUT2D eigenvalue weighted by Gasteiger charge is -2.17. The topological polar surface area (TPSA) is 69.0 Å². The number of aromatic nitrogens is 3. The van der Waals surface area contributed by atoms with E-state index in [4.69, 9.17) is 4.74 Å². The molecule has 23 heavy (non-hydrogen) atoms. The molecule has 1 aliphatic carbocycles. The van der Waals surface area contributed by atoms with Crippen LogP contribution in [0, 0.1) is 5.92 Å². The second kappa shape index (κ2) is 6.11. The van der Waals surface area contributed by atoms with Crippen LogP contribution in [0.4, 0.5) is 0 Å². The van der Waals surface area contributed by atoms with Crippen LogP contribution in [-0.4, -0.2) is 33.5 Å². The third-order valence-electron chi connectivity index (χ3n) is 4.47. The molecule has 1 N–H and O–H groups in total. The first kappa shape index (κ1) is 14.9. The Labute approximate surface area is 142 Å². The molecule has 1 unspecified atom stereocenters. The van der Waals surface area contributed by atoms with Gasteiger partial charge in [0, 0.05) is 13.1 Å². The fourth-order valence-corrected chi connectivity index (χ4v) is 3.44. The van der Waals surface area contributed by atoms with Crippen molar-refractivity contribution in [3.63, 3.8) is 0 Å². The van der Waals surface area contributed by atoms with Crippen LogP contribution in [-0.2, 0) is 11.3 Å². The molecule has 1 aromatic heterocycles. The molecule has 1 amide bonds. The van der Waals surface area contributed by atoms with Crippen molar-refractivity contribution in [2.45, 2.75) is 44.8 Å². The van der Waals surface area contributed by atoms with Gasteiger partial charge in [0.2, 0.25) is 0 Å². The Morgan fingerprint density at radius 2 is 2.17 bits per heavy atom. The van der Waals surface area contributed by atoms with Crippen molar-refractivity contribution in [1.82, 2.24) is 20.3 Å². The molecule has 0 spiro atoms. The highest BCUT2D eigenvalue weighted by Crippen LogP contribution is 2.35. The third-order valence-corrected chi connectivity index (χ3v) is 5.24. The smallest absolute Gasteiger partial charge is 0.261 e. The van der Waals surface area contributed by atoms with Crippen molar-refractivity contribution in [2.24, 2.45) is 5.92 Å². The lowest BCUT2D eigenvalue weighted by atomic mass is 10.2. The zero-order chi connectivity index (χ0) is 15.8. The molecule has 2 aliphatic rings. The maximum absolute atomic E-state index is 12.0. The summed E-state index contributed by atoms with van der Waals surface area (Å²) in [5.74, 6) is 1.36. The number of carbonyl (C=O) groups is 1. The molecule has 1 saturated heterocycles. The van der Waals surface area contributed by atoms with Crippen LogP contribution in [0.25, 0.3) is 11.0 Å². The molecule has 6 nitrogen and oxygen atoms in total. The number of nitrogens with one attached hydrogen (secondary N) is 1. The van der Waals surface area contributed by atoms with E-state index in [1.54, 1.807) is 0 Å². The summed E-state index contributed by atoms with van der Waals surface area (Å²) in [6.45, 7) is 1.66. The van der Waals surface area contributed by atoms with Crippen LogP contribution in [0.2, 0.25) is 0 Å². The fourth-order valence-electron chi connectivity index (χ4n) is 2.93. The number of nitrogens with zero attached hydrogens (tertiary/aromatic N) is 3. The predicted octanol–water partition coefficient (Wildman–Crippen LogP) is 2.65. The Morgan fingerprint density at radius 1 is 1.30 bits per heavy atom. The van der Waals surface area contributed by atoms with Crippen molar-refractivity contribution in [3.8, 4) is 5.75 Å². The van der Waals surface area contributed by atoms with E-state index in [-0.39, 0.29) is 5.91 Å². The van der Waals surface area contributed by atoms with Gasteiger partial charge in [0.15, 0.2) is 6.10 Å². The van der Waals surface area contributed by atoms with E-state index in [2.05, 4.69) is 31.6 Å². The lowest BCUT2D eigenvalue weighted by molar-refractivity contribution is -0.127. The third kappa shape index (κ3) is 3.06. The van der Waals surface area contributed by atoms with Gasteiger partial charge in [-0.15, -0.1) is 5.10 Å². The molecular formula is C16H19BrN4O2. The highest BCUT2D eigenvalue weighted by molar-refractivity contribution is 9.10. The van der Waals surface area contributed by atoms with E-state index in [1.807, 2.05) is 16.8 Å². The summed E-state index contributed by atoms with van der Waals surface area (Å²) in [6, 6.07) is 3.88. The SMILES string of the molecule is O=C1NCCCCC1Oc1ccc2c(nnn2CC2CC2)c1Br. The van der Waals surface area contributed by atoms with Gasteiger partial charge in [-0.3, -0.25) is 4.79 Å². The zero-order valence-electron chi connectivity index (χ0n) is 12.8. The Hall–Kier alpha value is -1.63. The molecule has 0 radical (unpaired) electrons. The molecule has 1 aromatic carbocycles. The molecule has 0 bridgehead atoms. The first-order valence-electron chi connectivity index (χ1n) is 8.18. The fraction of sp³-hybridized carbons (Fsp3) is 0.562. The van der Waals surface area contributed by atoms with E-state index < -0.39 is 6.10 Å². The molecule has 7 heteroatoms. The van der Waals surface area contributed by atoms with Crippen LogP contribution in [0.5, 0.6) is 5.75 Å². The van der Waals surface area contributed by atoms with E-state index in [1.165, 1.54) is 12.8 Å². The summed E-state index contributed by atoms with van der Waals surface area (Å²) >= 11 is 3.57. The monoisotopic (exact) mass is 378 g/mol. The van der Waals surface area contributed by atoms with Gasteiger partial charge in [-0.2, -0.15) is 0 Å². The van der Waals surface area contributed by atoms with Crippen LogP contribution >= 0.6 is 15.9 Å². The van der Waals surface area contributed by atoms with Gasteiger partial charge < -0.3 is 10.1 Å². The second-order valence-corrected chi connectivity index (χ2v) is 7.15. The summed E-state index contributed by atoms with van der Waals surface area (Å²) in [7, 11) is 0. The highest BCUT2D eigenvalue weighted by Gasteiger charge is 2.26. The van der Waals surface area contributed by atoms with Crippen LogP contribution in [0.15, 0.2) is 16.6 Å². The standard InChI is InChI=1S/C16H19BrN4O2/c17-14-12(23-13-3-1-2-8-18-16(13)22)7-6-11-15(14)19-20-21(11)9-10-4-5-10/h6-7,10,13H,1-5,8-9H2,(H,18,22). The summed E-state index contributed by atoms with van der Waals surface area (Å²) < 4.78 is 8.68. The highest BCUT2D eigenvalue weighted by atomic mass is 79.9. The lowest BCUT2D eigenvalue weighted by Crippen LogP contribution is -2.36.